The van der Waals surface area contributed by atoms with Crippen molar-refractivity contribution in [1.29, 1.82) is 0 Å². The Labute approximate surface area is 201 Å². The van der Waals surface area contributed by atoms with E-state index >= 15 is 0 Å². The monoisotopic (exact) mass is 482 g/mol. The number of alkyl halides is 2. The van der Waals surface area contributed by atoms with Gasteiger partial charge in [-0.05, 0) is 66.8 Å². The van der Waals surface area contributed by atoms with Crippen LogP contribution in [0.4, 0.5) is 19.0 Å². The second-order valence-electron chi connectivity index (χ2n) is 8.97. The van der Waals surface area contributed by atoms with E-state index in [0.717, 1.165) is 36.1 Å². The molecule has 0 saturated heterocycles. The summed E-state index contributed by atoms with van der Waals surface area (Å²) in [6.45, 7) is 2.53. The summed E-state index contributed by atoms with van der Waals surface area (Å²) in [5, 5.41) is 2.78. The lowest BCUT2D eigenvalue weighted by Crippen LogP contribution is -2.14. The number of carbonyl (C=O) groups is 2. The number of Topliss-reactive ketones (excluding diaryl/α,β-unsaturated/α-hetero) is 1. The molecule has 3 aromatic rings. The second kappa shape index (κ2) is 9.90. The van der Waals surface area contributed by atoms with Crippen molar-refractivity contribution in [2.75, 3.05) is 5.32 Å². The number of hydrogen-bond acceptors (Lipinski definition) is 4. The highest BCUT2D eigenvalue weighted by Gasteiger charge is 2.30. The summed E-state index contributed by atoms with van der Waals surface area (Å²) in [7, 11) is 0. The van der Waals surface area contributed by atoms with Crippen LogP contribution < -0.4 is 10.1 Å². The normalized spacial score (nSPS) is 13.4. The zero-order valence-corrected chi connectivity index (χ0v) is 19.4. The molecule has 8 heteroatoms. The number of ketones is 1. The number of benzene rings is 2. The van der Waals surface area contributed by atoms with E-state index in [9.17, 15) is 22.8 Å². The van der Waals surface area contributed by atoms with Gasteiger partial charge >= 0.3 is 0 Å². The van der Waals surface area contributed by atoms with Crippen molar-refractivity contribution in [3.63, 3.8) is 0 Å². The number of carbonyl (C=O) groups excluding carboxylic acids is 2. The molecule has 0 aliphatic heterocycles. The molecule has 1 heterocycles. The molecule has 4 rings (SSSR count). The number of rotatable bonds is 9. The van der Waals surface area contributed by atoms with Gasteiger partial charge in [0.15, 0.2) is 0 Å². The minimum absolute atomic E-state index is 0.0438. The lowest BCUT2D eigenvalue weighted by Gasteiger charge is -2.13. The van der Waals surface area contributed by atoms with Gasteiger partial charge in [-0.2, -0.15) is 0 Å². The molecule has 0 bridgehead atoms. The van der Waals surface area contributed by atoms with Crippen molar-refractivity contribution in [2.45, 2.75) is 45.5 Å². The highest BCUT2D eigenvalue weighted by molar-refractivity contribution is 5.93. The minimum Gasteiger partial charge on any atom is -0.457 e. The number of pyridine rings is 1. The summed E-state index contributed by atoms with van der Waals surface area (Å²) in [6.07, 6.45) is 3.26. The number of hydrogen-bond donors (Lipinski definition) is 1. The van der Waals surface area contributed by atoms with Crippen LogP contribution in [-0.2, 0) is 28.4 Å². The molecule has 2 aromatic carbocycles. The molecule has 5 nitrogen and oxygen atoms in total. The number of anilines is 1. The van der Waals surface area contributed by atoms with E-state index < -0.39 is 17.3 Å². The zero-order valence-electron chi connectivity index (χ0n) is 19.4. The fourth-order valence-corrected chi connectivity index (χ4v) is 3.70. The van der Waals surface area contributed by atoms with Crippen LogP contribution in [0.5, 0.6) is 11.5 Å². The fraction of sp³-hybridized carbons (Fsp3) is 0.296. The quantitative estimate of drug-likeness (QED) is 0.398. The van der Waals surface area contributed by atoms with Gasteiger partial charge in [0.2, 0.25) is 5.91 Å². The van der Waals surface area contributed by atoms with Gasteiger partial charge in [-0.25, -0.2) is 18.2 Å². The van der Waals surface area contributed by atoms with Gasteiger partial charge in [-0.15, -0.1) is 0 Å². The lowest BCUT2D eigenvalue weighted by molar-refractivity contribution is -0.118. The maximum absolute atomic E-state index is 13.8. The molecular weight excluding hydrogens is 457 g/mol. The topological polar surface area (TPSA) is 68.3 Å². The number of ether oxygens (including phenoxy) is 1. The van der Waals surface area contributed by atoms with E-state index in [1.54, 1.807) is 36.5 Å². The summed E-state index contributed by atoms with van der Waals surface area (Å²) < 4.78 is 46.8. The van der Waals surface area contributed by atoms with Crippen LogP contribution in [-0.4, -0.2) is 16.7 Å². The molecule has 1 aliphatic rings. The molecule has 1 aromatic heterocycles. The van der Waals surface area contributed by atoms with Crippen molar-refractivity contribution in [3.05, 3.63) is 82.8 Å². The van der Waals surface area contributed by atoms with E-state index in [2.05, 4.69) is 10.3 Å². The molecule has 1 saturated carbocycles. The number of halogens is 3. The molecule has 0 unspecified atom stereocenters. The van der Waals surface area contributed by atoms with Crippen molar-refractivity contribution < 1.29 is 27.5 Å². The van der Waals surface area contributed by atoms with Gasteiger partial charge in [-0.3, -0.25) is 9.59 Å². The van der Waals surface area contributed by atoms with E-state index in [1.807, 2.05) is 6.92 Å². The largest absolute Gasteiger partial charge is 0.457 e. The molecule has 1 N–H and O–H groups in total. The van der Waals surface area contributed by atoms with E-state index in [0.29, 0.717) is 24.2 Å². The third-order valence-corrected chi connectivity index (χ3v) is 5.67. The van der Waals surface area contributed by atoms with Gasteiger partial charge < -0.3 is 10.1 Å². The number of aromatic nitrogens is 1. The number of nitrogens with one attached hydrogen (secondary N) is 1. The number of nitrogens with zero attached hydrogens (tertiary/aromatic N) is 1. The molecule has 182 valence electrons. The Hall–Kier alpha value is -3.68. The van der Waals surface area contributed by atoms with Gasteiger partial charge in [0, 0.05) is 43.5 Å². The van der Waals surface area contributed by atoms with Gasteiger partial charge in [0.05, 0.1) is 0 Å². The summed E-state index contributed by atoms with van der Waals surface area (Å²) >= 11 is 0. The third kappa shape index (κ3) is 6.68. The summed E-state index contributed by atoms with van der Waals surface area (Å²) in [6, 6.07) is 11.7. The molecule has 1 aliphatic carbocycles. The maximum Gasteiger partial charge on any atom is 0.270 e. The molecule has 0 radical (unpaired) electrons. The van der Waals surface area contributed by atoms with Crippen molar-refractivity contribution >= 4 is 17.5 Å². The molecule has 1 fully saturated rings. The summed E-state index contributed by atoms with van der Waals surface area (Å²) in [4.78, 5) is 28.6. The average molecular weight is 483 g/mol. The van der Waals surface area contributed by atoms with Crippen LogP contribution in [0.25, 0.3) is 0 Å². The Morgan fingerprint density at radius 1 is 1.06 bits per heavy atom. The van der Waals surface area contributed by atoms with Crippen LogP contribution in [0, 0.1) is 18.7 Å². The van der Waals surface area contributed by atoms with E-state index in [-0.39, 0.29) is 36.0 Å². The van der Waals surface area contributed by atoms with Crippen molar-refractivity contribution in [2.24, 2.45) is 5.92 Å². The van der Waals surface area contributed by atoms with Gasteiger partial charge in [0.1, 0.15) is 28.9 Å². The first-order valence-corrected chi connectivity index (χ1v) is 11.3. The first-order valence-electron chi connectivity index (χ1n) is 11.3. The Kier molecular flexibility index (Phi) is 6.91. The van der Waals surface area contributed by atoms with Gasteiger partial charge in [0.25, 0.3) is 5.92 Å². The SMILES string of the molecule is Cc1cc(CC(=O)Cc2cc(F)cc(C(C)(F)F)c2)ccc1Oc1ccnc(NC(=O)C2CC2)c1. The number of amides is 1. The number of aryl methyl sites for hydroxylation is 1. The fourth-order valence-electron chi connectivity index (χ4n) is 3.70. The standard InChI is InChI=1S/C27H25F3N2O3/c1-16-9-17(12-22(33)13-18-10-20(27(2,29)30)14-21(28)11-18)3-6-24(16)35-23-7-8-31-25(15-23)32-26(34)19-4-5-19/h3,6-11,14-15,19H,4-5,12-13H2,1-2H3,(H,31,32,34). The predicted molar refractivity (Wildman–Crippen MR) is 125 cm³/mol. The molecule has 1 amide bonds. The lowest BCUT2D eigenvalue weighted by atomic mass is 9.98. The maximum atomic E-state index is 13.8. The zero-order chi connectivity index (χ0) is 25.2. The second-order valence-corrected chi connectivity index (χ2v) is 8.97. The summed E-state index contributed by atoms with van der Waals surface area (Å²) in [5.41, 5.74) is 1.27. The van der Waals surface area contributed by atoms with Crippen LogP contribution >= 0.6 is 0 Å². The van der Waals surface area contributed by atoms with Crippen LogP contribution in [0.3, 0.4) is 0 Å². The highest BCUT2D eigenvalue weighted by atomic mass is 19.3. The van der Waals surface area contributed by atoms with E-state index in [1.165, 1.54) is 6.07 Å². The highest BCUT2D eigenvalue weighted by Crippen LogP contribution is 2.31. The predicted octanol–water partition coefficient (Wildman–Crippen LogP) is 6.14. The molecule has 35 heavy (non-hydrogen) atoms. The van der Waals surface area contributed by atoms with E-state index in [4.69, 9.17) is 4.74 Å². The van der Waals surface area contributed by atoms with Crippen molar-refractivity contribution in [1.82, 2.24) is 4.98 Å². The van der Waals surface area contributed by atoms with Crippen molar-refractivity contribution in [3.8, 4) is 11.5 Å². The van der Waals surface area contributed by atoms with Gasteiger partial charge in [-0.1, -0.05) is 12.1 Å². The Balaban J connectivity index is 1.39. The smallest absolute Gasteiger partial charge is 0.270 e. The first-order chi connectivity index (χ1) is 16.6. The molecule has 0 atom stereocenters. The average Bonchev–Trinajstić information content (AvgIpc) is 3.60. The van der Waals surface area contributed by atoms with Crippen LogP contribution in [0.2, 0.25) is 0 Å². The molecule has 0 spiro atoms. The van der Waals surface area contributed by atoms with Crippen LogP contribution in [0.1, 0.15) is 42.0 Å². The summed E-state index contributed by atoms with van der Waals surface area (Å²) in [5.74, 6) is -2.69. The Morgan fingerprint density at radius 3 is 2.49 bits per heavy atom. The van der Waals surface area contributed by atoms with Crippen LogP contribution in [0.15, 0.2) is 54.7 Å². The molecular formula is C27H25F3N2O3. The Bertz CT molecular complexity index is 1270. The Morgan fingerprint density at radius 2 is 1.80 bits per heavy atom. The first kappa shape index (κ1) is 24.4. The third-order valence-electron chi connectivity index (χ3n) is 5.67. The minimum atomic E-state index is -3.19.